The summed E-state index contributed by atoms with van der Waals surface area (Å²) in [4.78, 5) is 27.1. The average Bonchev–Trinajstić information content (AvgIpc) is 2.65. The summed E-state index contributed by atoms with van der Waals surface area (Å²) in [5.41, 5.74) is 0.488. The maximum absolute atomic E-state index is 13.2. The van der Waals surface area contributed by atoms with Crippen LogP contribution in [0.5, 0.6) is 0 Å². The van der Waals surface area contributed by atoms with E-state index in [1.54, 1.807) is 12.1 Å². The van der Waals surface area contributed by atoms with Crippen molar-refractivity contribution >= 4 is 17.5 Å². The summed E-state index contributed by atoms with van der Waals surface area (Å²) >= 11 is 0. The molecule has 2 atom stereocenters. The number of rotatable bonds is 6. The van der Waals surface area contributed by atoms with Crippen LogP contribution in [-0.2, 0) is 9.59 Å². The van der Waals surface area contributed by atoms with Crippen LogP contribution in [0.3, 0.4) is 0 Å². The maximum atomic E-state index is 13.2. The van der Waals surface area contributed by atoms with Gasteiger partial charge in [-0.15, -0.1) is 0 Å². The Kier molecular flexibility index (Phi) is 7.39. The van der Waals surface area contributed by atoms with Gasteiger partial charge in [0.2, 0.25) is 0 Å². The first-order valence-electron chi connectivity index (χ1n) is 10.5. The highest BCUT2D eigenvalue weighted by molar-refractivity contribution is 5.91. The third-order valence-corrected chi connectivity index (χ3v) is 6.05. The molecule has 1 aliphatic heterocycles. The zero-order chi connectivity index (χ0) is 19.9. The number of anilines is 1. The molecule has 0 radical (unpaired) electrons. The molecule has 1 aliphatic carbocycles. The van der Waals surface area contributed by atoms with Crippen molar-refractivity contribution in [3.8, 4) is 0 Å². The number of carbonyl (C=O) groups is 2. The summed E-state index contributed by atoms with van der Waals surface area (Å²) < 4.78 is 13.2. The van der Waals surface area contributed by atoms with Gasteiger partial charge in [-0.1, -0.05) is 25.8 Å². The van der Waals surface area contributed by atoms with Gasteiger partial charge in [0.15, 0.2) is 13.1 Å². The minimum absolute atomic E-state index is 0.104. The third-order valence-electron chi connectivity index (χ3n) is 6.05. The second-order valence-corrected chi connectivity index (χ2v) is 8.35. The Morgan fingerprint density at radius 3 is 2.32 bits per heavy atom. The number of amides is 2. The first kappa shape index (κ1) is 20.7. The second-order valence-electron chi connectivity index (χ2n) is 8.35. The summed E-state index contributed by atoms with van der Waals surface area (Å²) in [5.74, 6) is 0.267. The number of quaternary nitrogens is 2. The molecule has 1 aromatic rings. The van der Waals surface area contributed by atoms with Gasteiger partial charge in [0.25, 0.3) is 11.8 Å². The fraction of sp³-hybridized carbons (Fsp3) is 0.619. The number of piperazine rings is 1. The van der Waals surface area contributed by atoms with Crippen LogP contribution in [0.15, 0.2) is 24.3 Å². The van der Waals surface area contributed by atoms with Gasteiger partial charge in [0.05, 0.1) is 0 Å². The Balaban J connectivity index is 1.36. The van der Waals surface area contributed by atoms with Crippen molar-refractivity contribution in [1.82, 2.24) is 5.32 Å². The van der Waals surface area contributed by atoms with Crippen LogP contribution < -0.4 is 20.4 Å². The Morgan fingerprint density at radius 2 is 1.68 bits per heavy atom. The van der Waals surface area contributed by atoms with Crippen LogP contribution in [0, 0.1) is 11.7 Å². The molecule has 1 aromatic carbocycles. The molecule has 2 fully saturated rings. The normalized spacial score (nSPS) is 27.8. The van der Waals surface area contributed by atoms with Crippen molar-refractivity contribution in [3.63, 3.8) is 0 Å². The molecule has 7 heteroatoms. The fourth-order valence-corrected chi connectivity index (χ4v) is 4.32. The molecule has 2 aliphatic rings. The first-order chi connectivity index (χ1) is 13.5. The quantitative estimate of drug-likeness (QED) is 0.514. The van der Waals surface area contributed by atoms with E-state index in [4.69, 9.17) is 0 Å². The number of carbonyl (C=O) groups excluding carboxylic acids is 2. The van der Waals surface area contributed by atoms with E-state index in [9.17, 15) is 14.0 Å². The van der Waals surface area contributed by atoms with Crippen molar-refractivity contribution in [2.45, 2.75) is 38.6 Å². The van der Waals surface area contributed by atoms with Gasteiger partial charge in [0, 0.05) is 11.7 Å². The van der Waals surface area contributed by atoms with E-state index in [0.29, 0.717) is 30.7 Å². The van der Waals surface area contributed by atoms with E-state index in [1.807, 2.05) is 0 Å². The lowest BCUT2D eigenvalue weighted by molar-refractivity contribution is -1.00. The molecule has 2 amide bonds. The van der Waals surface area contributed by atoms with Crippen LogP contribution in [-0.4, -0.2) is 57.1 Å². The lowest BCUT2D eigenvalue weighted by Crippen LogP contribution is -3.28. The second kappa shape index (κ2) is 9.98. The van der Waals surface area contributed by atoms with Crippen LogP contribution in [0.1, 0.15) is 32.6 Å². The Hall–Kier alpha value is -1.99. The molecule has 28 heavy (non-hydrogen) atoms. The van der Waals surface area contributed by atoms with Crippen LogP contribution in [0.25, 0.3) is 0 Å². The lowest BCUT2D eigenvalue weighted by Gasteiger charge is -2.31. The van der Waals surface area contributed by atoms with E-state index in [1.165, 1.54) is 41.2 Å². The highest BCUT2D eigenvalue weighted by Gasteiger charge is 2.28. The van der Waals surface area contributed by atoms with Gasteiger partial charge < -0.3 is 20.4 Å². The molecule has 0 unspecified atom stereocenters. The summed E-state index contributed by atoms with van der Waals surface area (Å²) in [6, 6.07) is 6.28. The van der Waals surface area contributed by atoms with E-state index in [-0.39, 0.29) is 17.6 Å². The monoisotopic (exact) mass is 392 g/mol. The standard InChI is InChI=1S/C21H31FN4O2/c1-16-5-2-3-8-19(16)24-21(28)15-26-11-9-25(10-12-26)14-20(27)23-18-7-4-6-17(22)13-18/h4,6-7,13,16,19H,2-3,5,8-12,14-15H2,1H3,(H,23,27)(H,24,28)/p+2/t16-,19+/m1/s1. The molecule has 0 bridgehead atoms. The van der Waals surface area contributed by atoms with E-state index >= 15 is 0 Å². The summed E-state index contributed by atoms with van der Waals surface area (Å²) in [5, 5.41) is 5.98. The molecule has 0 aromatic heterocycles. The van der Waals surface area contributed by atoms with Gasteiger partial charge in [-0.25, -0.2) is 4.39 Å². The molecule has 1 heterocycles. The Bertz CT molecular complexity index is 676. The van der Waals surface area contributed by atoms with Crippen LogP contribution >= 0.6 is 0 Å². The van der Waals surface area contributed by atoms with Gasteiger partial charge in [-0.05, 0) is 37.0 Å². The Morgan fingerprint density at radius 1 is 1.04 bits per heavy atom. The molecule has 1 saturated heterocycles. The smallest absolute Gasteiger partial charge is 0.279 e. The van der Waals surface area contributed by atoms with Crippen molar-refractivity contribution in [2.24, 2.45) is 5.92 Å². The minimum Gasteiger partial charge on any atom is -0.348 e. The topological polar surface area (TPSA) is 67.1 Å². The van der Waals surface area contributed by atoms with E-state index < -0.39 is 0 Å². The molecule has 1 saturated carbocycles. The average molecular weight is 393 g/mol. The highest BCUT2D eigenvalue weighted by Crippen LogP contribution is 2.23. The molecular formula is C21H33FN4O2+2. The van der Waals surface area contributed by atoms with Crippen molar-refractivity contribution in [1.29, 1.82) is 0 Å². The third kappa shape index (κ3) is 6.27. The lowest BCUT2D eigenvalue weighted by atomic mass is 9.86. The summed E-state index contributed by atoms with van der Waals surface area (Å²) in [6.07, 6.45) is 4.79. The largest absolute Gasteiger partial charge is 0.348 e. The minimum atomic E-state index is -0.358. The molecule has 154 valence electrons. The van der Waals surface area contributed by atoms with Crippen LogP contribution in [0.4, 0.5) is 10.1 Å². The fourth-order valence-electron chi connectivity index (χ4n) is 4.32. The summed E-state index contributed by atoms with van der Waals surface area (Å²) in [6.45, 7) is 6.61. The van der Waals surface area contributed by atoms with Gasteiger partial charge in [0.1, 0.15) is 32.0 Å². The van der Waals surface area contributed by atoms with Gasteiger partial charge in [-0.2, -0.15) is 0 Å². The first-order valence-corrected chi connectivity index (χ1v) is 10.5. The van der Waals surface area contributed by atoms with Gasteiger partial charge >= 0.3 is 0 Å². The predicted molar refractivity (Wildman–Crippen MR) is 106 cm³/mol. The molecule has 3 rings (SSSR count). The number of hydrogen-bond donors (Lipinski definition) is 4. The zero-order valence-corrected chi connectivity index (χ0v) is 16.7. The predicted octanol–water partition coefficient (Wildman–Crippen LogP) is -0.757. The highest BCUT2D eigenvalue weighted by atomic mass is 19.1. The summed E-state index contributed by atoms with van der Waals surface area (Å²) in [7, 11) is 0. The Labute approximate surface area is 166 Å². The SMILES string of the molecule is C[C@@H]1CCCC[C@@H]1NC(=O)C[NH+]1CC[NH+](CC(=O)Nc2cccc(F)c2)CC1. The number of nitrogens with one attached hydrogen (secondary N) is 4. The number of benzene rings is 1. The van der Waals surface area contributed by atoms with E-state index in [2.05, 4.69) is 17.6 Å². The van der Waals surface area contributed by atoms with Crippen molar-refractivity contribution < 1.29 is 23.8 Å². The zero-order valence-electron chi connectivity index (χ0n) is 16.7. The van der Waals surface area contributed by atoms with Crippen molar-refractivity contribution in [2.75, 3.05) is 44.6 Å². The van der Waals surface area contributed by atoms with E-state index in [0.717, 1.165) is 32.6 Å². The molecule has 4 N–H and O–H groups in total. The van der Waals surface area contributed by atoms with Crippen LogP contribution in [0.2, 0.25) is 0 Å². The molecular weight excluding hydrogens is 359 g/mol. The number of halogens is 1. The maximum Gasteiger partial charge on any atom is 0.279 e. The van der Waals surface area contributed by atoms with Gasteiger partial charge in [-0.3, -0.25) is 9.59 Å². The molecule has 6 nitrogen and oxygen atoms in total. The van der Waals surface area contributed by atoms with Crippen molar-refractivity contribution in [3.05, 3.63) is 30.1 Å². The molecule has 0 spiro atoms. The number of hydrogen-bond acceptors (Lipinski definition) is 2.